The SMILES string of the molecule is CC1CCCC1c1cc(N)n(C2CCS(=O)(=O)C2)n1. The van der Waals surface area contributed by atoms with Gasteiger partial charge in [0, 0.05) is 12.0 Å². The molecule has 5 nitrogen and oxygen atoms in total. The Labute approximate surface area is 114 Å². The standard InChI is InChI=1S/C13H21N3O2S/c1-9-3-2-4-11(9)12-7-13(14)16(15-12)10-5-6-19(17,18)8-10/h7,9-11H,2-6,8,14H2,1H3. The summed E-state index contributed by atoms with van der Waals surface area (Å²) >= 11 is 0. The van der Waals surface area contributed by atoms with Crippen molar-refractivity contribution in [2.45, 2.75) is 44.6 Å². The Balaban J connectivity index is 1.86. The molecule has 2 fully saturated rings. The van der Waals surface area contributed by atoms with Crippen molar-refractivity contribution in [1.29, 1.82) is 0 Å². The average molecular weight is 283 g/mol. The van der Waals surface area contributed by atoms with Gasteiger partial charge in [-0.15, -0.1) is 0 Å². The van der Waals surface area contributed by atoms with E-state index in [-0.39, 0.29) is 17.5 Å². The normalized spacial score (nSPS) is 33.8. The lowest BCUT2D eigenvalue weighted by atomic mass is 9.95. The minimum absolute atomic E-state index is 0.0736. The fraction of sp³-hybridized carbons (Fsp3) is 0.769. The molecule has 1 aliphatic carbocycles. The summed E-state index contributed by atoms with van der Waals surface area (Å²) in [5, 5.41) is 4.62. The zero-order chi connectivity index (χ0) is 13.6. The van der Waals surface area contributed by atoms with Crippen LogP contribution in [0.1, 0.15) is 50.3 Å². The molecule has 19 heavy (non-hydrogen) atoms. The third-order valence-electron chi connectivity index (χ3n) is 4.58. The molecule has 2 heterocycles. The van der Waals surface area contributed by atoms with E-state index in [0.717, 1.165) is 5.69 Å². The number of sulfone groups is 1. The van der Waals surface area contributed by atoms with Crippen LogP contribution in [0.4, 0.5) is 5.82 Å². The van der Waals surface area contributed by atoms with E-state index in [4.69, 9.17) is 5.73 Å². The molecule has 0 spiro atoms. The fourth-order valence-electron chi connectivity index (χ4n) is 3.46. The van der Waals surface area contributed by atoms with Crippen LogP contribution in [0.3, 0.4) is 0 Å². The first-order valence-corrected chi connectivity index (χ1v) is 8.84. The quantitative estimate of drug-likeness (QED) is 0.896. The summed E-state index contributed by atoms with van der Waals surface area (Å²) in [7, 11) is -2.90. The monoisotopic (exact) mass is 283 g/mol. The van der Waals surface area contributed by atoms with Crippen LogP contribution in [0.5, 0.6) is 0 Å². The van der Waals surface area contributed by atoms with Crippen LogP contribution in [-0.4, -0.2) is 29.7 Å². The van der Waals surface area contributed by atoms with Gasteiger partial charge in [-0.3, -0.25) is 0 Å². The van der Waals surface area contributed by atoms with Gasteiger partial charge in [-0.1, -0.05) is 19.8 Å². The fourth-order valence-corrected chi connectivity index (χ4v) is 5.15. The zero-order valence-corrected chi connectivity index (χ0v) is 12.1. The Bertz CT molecular complexity index is 579. The first kappa shape index (κ1) is 13.0. The molecule has 2 N–H and O–H groups in total. The van der Waals surface area contributed by atoms with Crippen molar-refractivity contribution in [2.75, 3.05) is 17.2 Å². The minimum atomic E-state index is -2.90. The Hall–Kier alpha value is -1.04. The number of nitrogens with two attached hydrogens (primary N) is 1. The predicted octanol–water partition coefficient (Wildman–Crippen LogP) is 1.73. The Morgan fingerprint density at radius 3 is 2.74 bits per heavy atom. The van der Waals surface area contributed by atoms with Crippen LogP contribution in [-0.2, 0) is 9.84 Å². The first-order valence-electron chi connectivity index (χ1n) is 7.01. The highest BCUT2D eigenvalue weighted by Gasteiger charge is 2.33. The molecule has 0 amide bonds. The Kier molecular flexibility index (Phi) is 3.08. The van der Waals surface area contributed by atoms with Gasteiger partial charge >= 0.3 is 0 Å². The highest BCUT2D eigenvalue weighted by Crippen LogP contribution is 2.39. The number of nitrogens with zero attached hydrogens (tertiary/aromatic N) is 2. The predicted molar refractivity (Wildman–Crippen MR) is 74.7 cm³/mol. The highest BCUT2D eigenvalue weighted by atomic mass is 32.2. The van der Waals surface area contributed by atoms with E-state index >= 15 is 0 Å². The number of hydrogen-bond acceptors (Lipinski definition) is 4. The molecule has 0 aromatic carbocycles. The summed E-state index contributed by atoms with van der Waals surface area (Å²) in [5.74, 6) is 2.18. The van der Waals surface area contributed by atoms with Gasteiger partial charge in [-0.25, -0.2) is 13.1 Å². The summed E-state index contributed by atoms with van der Waals surface area (Å²) < 4.78 is 24.9. The highest BCUT2D eigenvalue weighted by molar-refractivity contribution is 7.91. The number of anilines is 1. The second kappa shape index (κ2) is 4.51. The van der Waals surface area contributed by atoms with E-state index in [1.165, 1.54) is 19.3 Å². The van der Waals surface area contributed by atoms with Crippen molar-refractivity contribution >= 4 is 15.7 Å². The van der Waals surface area contributed by atoms with Gasteiger partial charge in [0.2, 0.25) is 0 Å². The van der Waals surface area contributed by atoms with Crippen molar-refractivity contribution < 1.29 is 8.42 Å². The summed E-state index contributed by atoms with van der Waals surface area (Å²) in [5.41, 5.74) is 7.08. The molecule has 0 bridgehead atoms. The zero-order valence-electron chi connectivity index (χ0n) is 11.2. The Morgan fingerprint density at radius 2 is 2.16 bits per heavy atom. The molecule has 3 atom stereocenters. The van der Waals surface area contributed by atoms with E-state index in [2.05, 4.69) is 12.0 Å². The van der Waals surface area contributed by atoms with Gasteiger partial charge in [0.1, 0.15) is 5.82 Å². The van der Waals surface area contributed by atoms with Crippen molar-refractivity contribution in [2.24, 2.45) is 5.92 Å². The van der Waals surface area contributed by atoms with Crippen molar-refractivity contribution in [3.63, 3.8) is 0 Å². The molecule has 2 aliphatic rings. The van der Waals surface area contributed by atoms with Gasteiger partial charge in [0.15, 0.2) is 9.84 Å². The molecule has 1 aromatic heterocycles. The van der Waals surface area contributed by atoms with Crippen LogP contribution in [0, 0.1) is 5.92 Å². The van der Waals surface area contributed by atoms with Gasteiger partial charge in [0.25, 0.3) is 0 Å². The second-order valence-corrected chi connectivity index (χ2v) is 8.24. The van der Waals surface area contributed by atoms with Gasteiger partial charge < -0.3 is 5.73 Å². The maximum atomic E-state index is 11.6. The molecule has 1 aromatic rings. The largest absolute Gasteiger partial charge is 0.384 e. The lowest BCUT2D eigenvalue weighted by Gasteiger charge is -2.13. The molecule has 1 saturated heterocycles. The molecule has 1 saturated carbocycles. The van der Waals surface area contributed by atoms with E-state index in [0.29, 0.717) is 24.1 Å². The van der Waals surface area contributed by atoms with Crippen LogP contribution in [0.25, 0.3) is 0 Å². The lowest BCUT2D eigenvalue weighted by Crippen LogP contribution is -2.15. The molecular weight excluding hydrogens is 262 g/mol. The molecule has 1 aliphatic heterocycles. The summed E-state index contributed by atoms with van der Waals surface area (Å²) in [4.78, 5) is 0. The number of aromatic nitrogens is 2. The molecule has 106 valence electrons. The van der Waals surface area contributed by atoms with Crippen LogP contribution >= 0.6 is 0 Å². The third kappa shape index (κ3) is 2.38. The Morgan fingerprint density at radius 1 is 1.37 bits per heavy atom. The van der Waals surface area contributed by atoms with Gasteiger partial charge in [-0.05, 0) is 18.8 Å². The molecule has 3 rings (SSSR count). The molecule has 3 unspecified atom stereocenters. The van der Waals surface area contributed by atoms with Crippen molar-refractivity contribution in [3.05, 3.63) is 11.8 Å². The first-order chi connectivity index (χ1) is 8.96. The average Bonchev–Trinajstić information content (AvgIpc) is 2.98. The molecule has 6 heteroatoms. The maximum absolute atomic E-state index is 11.6. The third-order valence-corrected chi connectivity index (χ3v) is 6.33. The second-order valence-electron chi connectivity index (χ2n) is 6.01. The van der Waals surface area contributed by atoms with E-state index in [1.807, 2.05) is 6.07 Å². The maximum Gasteiger partial charge on any atom is 0.152 e. The minimum Gasteiger partial charge on any atom is -0.384 e. The van der Waals surface area contributed by atoms with E-state index in [9.17, 15) is 8.42 Å². The van der Waals surface area contributed by atoms with Gasteiger partial charge in [-0.2, -0.15) is 5.10 Å². The lowest BCUT2D eigenvalue weighted by molar-refractivity contribution is 0.474. The van der Waals surface area contributed by atoms with Crippen LogP contribution < -0.4 is 5.73 Å². The summed E-state index contributed by atoms with van der Waals surface area (Å²) in [6, 6.07) is 1.87. The molecule has 0 radical (unpaired) electrons. The molecular formula is C13H21N3O2S. The van der Waals surface area contributed by atoms with E-state index < -0.39 is 9.84 Å². The van der Waals surface area contributed by atoms with Crippen LogP contribution in [0.15, 0.2) is 6.07 Å². The topological polar surface area (TPSA) is 78.0 Å². The van der Waals surface area contributed by atoms with E-state index in [1.54, 1.807) is 4.68 Å². The van der Waals surface area contributed by atoms with Gasteiger partial charge in [0.05, 0.1) is 23.2 Å². The van der Waals surface area contributed by atoms with Crippen molar-refractivity contribution in [3.8, 4) is 0 Å². The number of rotatable bonds is 2. The number of nitrogen functional groups attached to an aromatic ring is 1. The van der Waals surface area contributed by atoms with Crippen molar-refractivity contribution in [1.82, 2.24) is 9.78 Å². The summed E-state index contributed by atoms with van der Waals surface area (Å²) in [6.45, 7) is 2.26. The summed E-state index contributed by atoms with van der Waals surface area (Å²) in [6.07, 6.45) is 4.29. The smallest absolute Gasteiger partial charge is 0.152 e. The number of hydrogen-bond donors (Lipinski definition) is 1. The van der Waals surface area contributed by atoms with Crippen LogP contribution in [0.2, 0.25) is 0 Å².